The smallest absolute Gasteiger partial charge is 0.269 e. The summed E-state index contributed by atoms with van der Waals surface area (Å²) in [5, 5.41) is 11.7. The fourth-order valence-electron chi connectivity index (χ4n) is 2.22. The maximum atomic E-state index is 10.6. The molecule has 0 radical (unpaired) electrons. The third kappa shape index (κ3) is 2.88. The molecule has 1 aromatic heterocycles. The second kappa shape index (κ2) is 5.81. The molecule has 5 nitrogen and oxygen atoms in total. The van der Waals surface area contributed by atoms with Gasteiger partial charge < -0.3 is 4.74 Å². The number of hydrogen-bond acceptors (Lipinski definition) is 4. The Kier molecular flexibility index (Phi) is 3.70. The fraction of sp³-hybridized carbons (Fsp3) is 0.118. The number of nitro groups is 1. The van der Waals surface area contributed by atoms with E-state index in [1.165, 1.54) is 12.1 Å². The molecule has 3 rings (SSSR count). The predicted molar refractivity (Wildman–Crippen MR) is 83.9 cm³/mol. The Balaban J connectivity index is 1.80. The minimum atomic E-state index is -0.432. The summed E-state index contributed by atoms with van der Waals surface area (Å²) in [7, 11) is 0. The number of aromatic nitrogens is 1. The van der Waals surface area contributed by atoms with Crippen molar-refractivity contribution in [2.45, 2.75) is 13.0 Å². The molecular formula is C17H14N2O3. The van der Waals surface area contributed by atoms with Crippen molar-refractivity contribution in [1.82, 2.24) is 4.98 Å². The summed E-state index contributed by atoms with van der Waals surface area (Å²) in [6, 6.07) is 17.9. The first-order chi connectivity index (χ1) is 10.6. The lowest BCUT2D eigenvalue weighted by molar-refractivity contribution is -0.384. The first kappa shape index (κ1) is 14.0. The SMILES string of the molecule is CC(Oc1ccc([N+](=O)[O-])cc1)c1ccc2ccccc2n1. The summed E-state index contributed by atoms with van der Waals surface area (Å²) < 4.78 is 5.80. The maximum absolute atomic E-state index is 10.6. The molecule has 1 atom stereocenters. The highest BCUT2D eigenvalue weighted by molar-refractivity contribution is 5.78. The molecule has 0 amide bonds. The number of para-hydroxylation sites is 1. The van der Waals surface area contributed by atoms with Gasteiger partial charge in [-0.25, -0.2) is 4.98 Å². The van der Waals surface area contributed by atoms with Crippen molar-refractivity contribution >= 4 is 16.6 Å². The molecular weight excluding hydrogens is 280 g/mol. The highest BCUT2D eigenvalue weighted by Crippen LogP contribution is 2.24. The van der Waals surface area contributed by atoms with Crippen LogP contribution >= 0.6 is 0 Å². The molecule has 0 saturated carbocycles. The number of benzene rings is 2. The minimum absolute atomic E-state index is 0.0452. The summed E-state index contributed by atoms with van der Waals surface area (Å²) >= 11 is 0. The summed E-state index contributed by atoms with van der Waals surface area (Å²) in [6.45, 7) is 1.90. The molecule has 110 valence electrons. The number of fused-ring (bicyclic) bond motifs is 1. The number of non-ortho nitro benzene ring substituents is 1. The van der Waals surface area contributed by atoms with Crippen LogP contribution in [0.2, 0.25) is 0 Å². The minimum Gasteiger partial charge on any atom is -0.484 e. The zero-order chi connectivity index (χ0) is 15.5. The van der Waals surface area contributed by atoms with Gasteiger partial charge >= 0.3 is 0 Å². The third-order valence-electron chi connectivity index (χ3n) is 3.40. The number of nitro benzene ring substituents is 1. The molecule has 3 aromatic rings. The Morgan fingerprint density at radius 2 is 1.77 bits per heavy atom. The lowest BCUT2D eigenvalue weighted by Gasteiger charge is -2.14. The van der Waals surface area contributed by atoms with Crippen LogP contribution in [0, 0.1) is 10.1 Å². The molecule has 0 N–H and O–H groups in total. The van der Waals surface area contributed by atoms with Gasteiger partial charge in [-0.05, 0) is 31.2 Å². The van der Waals surface area contributed by atoms with Gasteiger partial charge in [0.1, 0.15) is 11.9 Å². The van der Waals surface area contributed by atoms with E-state index in [4.69, 9.17) is 4.74 Å². The van der Waals surface area contributed by atoms with E-state index < -0.39 is 4.92 Å². The standard InChI is InChI=1S/C17H14N2O3/c1-12(22-15-9-7-14(8-10-15)19(20)21)16-11-6-13-4-2-3-5-17(13)18-16/h2-12H,1H3. The first-order valence-electron chi connectivity index (χ1n) is 6.90. The van der Waals surface area contributed by atoms with Gasteiger partial charge in [0.15, 0.2) is 0 Å². The highest BCUT2D eigenvalue weighted by atomic mass is 16.6. The average molecular weight is 294 g/mol. The molecule has 0 saturated heterocycles. The van der Waals surface area contributed by atoms with Gasteiger partial charge in [0.05, 0.1) is 16.1 Å². The zero-order valence-corrected chi connectivity index (χ0v) is 12.0. The first-order valence-corrected chi connectivity index (χ1v) is 6.90. The van der Waals surface area contributed by atoms with E-state index in [1.807, 2.05) is 43.3 Å². The second-order valence-electron chi connectivity index (χ2n) is 4.94. The lowest BCUT2D eigenvalue weighted by atomic mass is 10.1. The molecule has 0 aliphatic heterocycles. The van der Waals surface area contributed by atoms with E-state index in [9.17, 15) is 10.1 Å². The van der Waals surface area contributed by atoms with E-state index in [2.05, 4.69) is 4.98 Å². The molecule has 5 heteroatoms. The van der Waals surface area contributed by atoms with Crippen molar-refractivity contribution in [1.29, 1.82) is 0 Å². The fourth-order valence-corrected chi connectivity index (χ4v) is 2.22. The van der Waals surface area contributed by atoms with Gasteiger partial charge in [-0.1, -0.05) is 24.3 Å². The second-order valence-corrected chi connectivity index (χ2v) is 4.94. The van der Waals surface area contributed by atoms with Gasteiger partial charge in [0.25, 0.3) is 5.69 Å². The zero-order valence-electron chi connectivity index (χ0n) is 12.0. The van der Waals surface area contributed by atoms with Crippen molar-refractivity contribution < 1.29 is 9.66 Å². The van der Waals surface area contributed by atoms with Gasteiger partial charge in [-0.2, -0.15) is 0 Å². The van der Waals surface area contributed by atoms with E-state index in [0.717, 1.165) is 16.6 Å². The number of pyridine rings is 1. The third-order valence-corrected chi connectivity index (χ3v) is 3.40. The Morgan fingerprint density at radius 3 is 2.50 bits per heavy atom. The Bertz CT molecular complexity index is 816. The van der Waals surface area contributed by atoms with Crippen LogP contribution in [0.25, 0.3) is 10.9 Å². The van der Waals surface area contributed by atoms with Gasteiger partial charge in [0.2, 0.25) is 0 Å². The number of nitrogens with zero attached hydrogens (tertiary/aromatic N) is 2. The Hall–Kier alpha value is -2.95. The summed E-state index contributed by atoms with van der Waals surface area (Å²) in [4.78, 5) is 14.8. The molecule has 2 aromatic carbocycles. The quantitative estimate of drug-likeness (QED) is 0.532. The van der Waals surface area contributed by atoms with E-state index >= 15 is 0 Å². The van der Waals surface area contributed by atoms with E-state index in [-0.39, 0.29) is 11.8 Å². The molecule has 1 unspecified atom stereocenters. The van der Waals surface area contributed by atoms with Crippen LogP contribution in [0.1, 0.15) is 18.7 Å². The van der Waals surface area contributed by atoms with Gasteiger partial charge in [0, 0.05) is 17.5 Å². The molecule has 0 aliphatic carbocycles. The van der Waals surface area contributed by atoms with Gasteiger partial charge in [-0.3, -0.25) is 10.1 Å². The normalized spacial score (nSPS) is 12.0. The number of ether oxygens (including phenoxy) is 1. The predicted octanol–water partition coefficient (Wildman–Crippen LogP) is 4.28. The van der Waals surface area contributed by atoms with Crippen LogP contribution in [0.5, 0.6) is 5.75 Å². The highest BCUT2D eigenvalue weighted by Gasteiger charge is 2.11. The molecule has 1 heterocycles. The van der Waals surface area contributed by atoms with E-state index in [0.29, 0.717) is 5.75 Å². The van der Waals surface area contributed by atoms with Crippen molar-refractivity contribution in [2.24, 2.45) is 0 Å². The van der Waals surface area contributed by atoms with Crippen LogP contribution in [0.4, 0.5) is 5.69 Å². The van der Waals surface area contributed by atoms with Crippen LogP contribution in [0.15, 0.2) is 60.7 Å². The summed E-state index contributed by atoms with van der Waals surface area (Å²) in [6.07, 6.45) is -0.244. The summed E-state index contributed by atoms with van der Waals surface area (Å²) in [5.74, 6) is 0.577. The van der Waals surface area contributed by atoms with Crippen LogP contribution in [0.3, 0.4) is 0 Å². The number of rotatable bonds is 4. The number of hydrogen-bond donors (Lipinski definition) is 0. The molecule has 0 bridgehead atoms. The van der Waals surface area contributed by atoms with Crippen molar-refractivity contribution in [3.63, 3.8) is 0 Å². The Labute approximate surface area is 127 Å². The van der Waals surface area contributed by atoms with Crippen LogP contribution in [-0.4, -0.2) is 9.91 Å². The molecule has 22 heavy (non-hydrogen) atoms. The van der Waals surface area contributed by atoms with E-state index in [1.54, 1.807) is 12.1 Å². The molecule has 0 aliphatic rings. The summed E-state index contributed by atoms with van der Waals surface area (Å²) in [5.41, 5.74) is 1.78. The molecule has 0 spiro atoms. The Morgan fingerprint density at radius 1 is 1.05 bits per heavy atom. The average Bonchev–Trinajstić information content (AvgIpc) is 2.55. The lowest BCUT2D eigenvalue weighted by Crippen LogP contribution is -2.05. The van der Waals surface area contributed by atoms with Crippen molar-refractivity contribution in [3.05, 3.63) is 76.5 Å². The topological polar surface area (TPSA) is 65.3 Å². The monoisotopic (exact) mass is 294 g/mol. The molecule has 0 fully saturated rings. The van der Waals surface area contributed by atoms with Crippen LogP contribution < -0.4 is 4.74 Å². The van der Waals surface area contributed by atoms with Crippen molar-refractivity contribution in [3.8, 4) is 5.75 Å². The van der Waals surface area contributed by atoms with Crippen molar-refractivity contribution in [2.75, 3.05) is 0 Å². The maximum Gasteiger partial charge on any atom is 0.269 e. The van der Waals surface area contributed by atoms with Gasteiger partial charge in [-0.15, -0.1) is 0 Å². The van der Waals surface area contributed by atoms with Crippen LogP contribution in [-0.2, 0) is 0 Å². The largest absolute Gasteiger partial charge is 0.484 e.